The van der Waals surface area contributed by atoms with Crippen LogP contribution in [0.5, 0.6) is 11.5 Å². The van der Waals surface area contributed by atoms with E-state index < -0.39 is 0 Å². The molecule has 29 heavy (non-hydrogen) atoms. The number of pyridine rings is 1. The monoisotopic (exact) mass is 391 g/mol. The van der Waals surface area contributed by atoms with Gasteiger partial charge in [0.05, 0.1) is 36.8 Å². The fraction of sp³-hybridized carbons (Fsp3) is 0.458. The maximum absolute atomic E-state index is 5.70. The summed E-state index contributed by atoms with van der Waals surface area (Å²) in [5, 5.41) is 5.12. The summed E-state index contributed by atoms with van der Waals surface area (Å²) in [6.07, 6.45) is 6.17. The molecule has 0 radical (unpaired) electrons. The van der Waals surface area contributed by atoms with Crippen LogP contribution < -0.4 is 14.4 Å². The number of ether oxygens (including phenoxy) is 2. The van der Waals surface area contributed by atoms with Crippen molar-refractivity contribution in [3.63, 3.8) is 0 Å². The van der Waals surface area contributed by atoms with Gasteiger partial charge in [-0.3, -0.25) is 0 Å². The second-order valence-electron chi connectivity index (χ2n) is 8.25. The van der Waals surface area contributed by atoms with Crippen molar-refractivity contribution >= 4 is 11.2 Å². The molecule has 0 unspecified atom stereocenters. The molecule has 2 fully saturated rings. The highest BCUT2D eigenvalue weighted by Crippen LogP contribution is 2.45. The number of methoxy groups -OCH3 is 2. The molecule has 0 spiro atoms. The van der Waals surface area contributed by atoms with Gasteiger partial charge in [0, 0.05) is 23.7 Å². The summed E-state index contributed by atoms with van der Waals surface area (Å²) < 4.78 is 13.2. The van der Waals surface area contributed by atoms with E-state index in [0.717, 1.165) is 29.2 Å². The number of nitrogens with zero attached hydrogens (tertiary/aromatic N) is 3. The first-order valence-electron chi connectivity index (χ1n) is 10.7. The summed E-state index contributed by atoms with van der Waals surface area (Å²) in [7, 11) is 3.38. The maximum Gasteiger partial charge on any atom is 0.131 e. The number of anilines is 1. The van der Waals surface area contributed by atoms with Crippen molar-refractivity contribution in [2.75, 3.05) is 19.1 Å². The van der Waals surface area contributed by atoms with Gasteiger partial charge in [-0.25, -0.2) is 4.52 Å². The molecular weight excluding hydrogens is 362 g/mol. The average molecular weight is 392 g/mol. The molecule has 3 aromatic rings. The molecule has 5 heteroatoms. The Morgan fingerprint density at radius 3 is 2.34 bits per heavy atom. The van der Waals surface area contributed by atoms with Crippen LogP contribution in [0.1, 0.15) is 43.9 Å². The highest BCUT2D eigenvalue weighted by molar-refractivity contribution is 5.84. The van der Waals surface area contributed by atoms with Gasteiger partial charge in [0.25, 0.3) is 0 Å². The van der Waals surface area contributed by atoms with Crippen molar-refractivity contribution in [1.29, 1.82) is 0 Å². The van der Waals surface area contributed by atoms with Crippen LogP contribution in [0.15, 0.2) is 30.3 Å². The van der Waals surface area contributed by atoms with Gasteiger partial charge in [0.15, 0.2) is 0 Å². The van der Waals surface area contributed by atoms with Crippen molar-refractivity contribution in [2.45, 2.75) is 58.0 Å². The lowest BCUT2D eigenvalue weighted by Gasteiger charge is -2.25. The first-order chi connectivity index (χ1) is 14.2. The molecule has 0 atom stereocenters. The van der Waals surface area contributed by atoms with Crippen LogP contribution in [0.4, 0.5) is 5.69 Å². The van der Waals surface area contributed by atoms with Gasteiger partial charge >= 0.3 is 0 Å². The predicted octanol–water partition coefficient (Wildman–Crippen LogP) is 5.02. The van der Waals surface area contributed by atoms with Gasteiger partial charge in [0.1, 0.15) is 11.5 Å². The number of hydrogen-bond acceptors (Lipinski definition) is 4. The summed E-state index contributed by atoms with van der Waals surface area (Å²) in [5.74, 6) is 1.59. The van der Waals surface area contributed by atoms with Gasteiger partial charge in [-0.05, 0) is 62.8 Å². The number of aryl methyl sites for hydroxylation is 2. The summed E-state index contributed by atoms with van der Waals surface area (Å²) in [5.41, 5.74) is 7.17. The molecule has 152 valence electrons. The van der Waals surface area contributed by atoms with Crippen LogP contribution in [-0.2, 0) is 6.42 Å². The van der Waals surface area contributed by atoms with Crippen molar-refractivity contribution in [3.05, 3.63) is 41.6 Å². The van der Waals surface area contributed by atoms with Gasteiger partial charge in [-0.15, -0.1) is 0 Å². The number of hydrogen-bond donors (Lipinski definition) is 0. The summed E-state index contributed by atoms with van der Waals surface area (Å²) in [4.78, 5) is 2.70. The van der Waals surface area contributed by atoms with Crippen LogP contribution in [0.3, 0.4) is 0 Å². The molecule has 0 amide bonds. The van der Waals surface area contributed by atoms with Crippen molar-refractivity contribution in [1.82, 2.24) is 9.61 Å². The summed E-state index contributed by atoms with van der Waals surface area (Å²) in [6.45, 7) is 4.42. The lowest BCUT2D eigenvalue weighted by Crippen LogP contribution is -2.28. The second-order valence-corrected chi connectivity index (χ2v) is 8.25. The largest absolute Gasteiger partial charge is 0.497 e. The summed E-state index contributed by atoms with van der Waals surface area (Å²) >= 11 is 0. The normalized spacial score (nSPS) is 16.3. The molecule has 2 aliphatic rings. The van der Waals surface area contributed by atoms with Crippen LogP contribution in [0.25, 0.3) is 16.8 Å². The SMILES string of the molecule is CCc1nn2c(-c3ccc(OC)cc3OC)ccc(C)c2c1N(C1CC1)C1CC1. The number of fused-ring (bicyclic) bond motifs is 1. The Hall–Kier alpha value is -2.69. The van der Waals surface area contributed by atoms with E-state index in [0.29, 0.717) is 12.1 Å². The zero-order valence-electron chi connectivity index (χ0n) is 17.7. The van der Waals surface area contributed by atoms with E-state index in [1.54, 1.807) is 14.2 Å². The van der Waals surface area contributed by atoms with Crippen molar-refractivity contribution in [3.8, 4) is 22.8 Å². The molecule has 2 aliphatic carbocycles. The van der Waals surface area contributed by atoms with Crippen molar-refractivity contribution in [2.24, 2.45) is 0 Å². The van der Waals surface area contributed by atoms with E-state index >= 15 is 0 Å². The molecule has 2 saturated carbocycles. The molecule has 2 heterocycles. The zero-order chi connectivity index (χ0) is 20.1. The Morgan fingerprint density at radius 1 is 1.03 bits per heavy atom. The van der Waals surface area contributed by atoms with Crippen LogP contribution >= 0.6 is 0 Å². The standard InChI is InChI=1S/C24H29N3O2/c1-5-20-24(26(16-7-8-16)17-9-10-17)23-15(2)6-13-21(27(23)25-20)19-12-11-18(28-3)14-22(19)29-4/h6,11-14,16-17H,5,7-10H2,1-4H3. The van der Waals surface area contributed by atoms with Gasteiger partial charge in [0.2, 0.25) is 0 Å². The highest BCUT2D eigenvalue weighted by atomic mass is 16.5. The van der Waals surface area contributed by atoms with E-state index in [1.165, 1.54) is 48.1 Å². The Kier molecular flexibility index (Phi) is 4.41. The van der Waals surface area contributed by atoms with E-state index in [2.05, 4.69) is 41.5 Å². The molecule has 5 rings (SSSR count). The Bertz CT molecular complexity index is 1050. The summed E-state index contributed by atoms with van der Waals surface area (Å²) in [6, 6.07) is 11.7. The van der Waals surface area contributed by atoms with Gasteiger partial charge in [-0.1, -0.05) is 13.0 Å². The quantitative estimate of drug-likeness (QED) is 0.567. The molecule has 0 aliphatic heterocycles. The highest BCUT2D eigenvalue weighted by Gasteiger charge is 2.41. The van der Waals surface area contributed by atoms with E-state index in [1.807, 2.05) is 12.1 Å². The van der Waals surface area contributed by atoms with Crippen LogP contribution in [0.2, 0.25) is 0 Å². The minimum atomic E-state index is 0.694. The molecule has 0 bridgehead atoms. The zero-order valence-corrected chi connectivity index (χ0v) is 17.7. The van der Waals surface area contributed by atoms with E-state index in [9.17, 15) is 0 Å². The van der Waals surface area contributed by atoms with Crippen LogP contribution in [0, 0.1) is 6.92 Å². The molecule has 0 N–H and O–H groups in total. The number of benzene rings is 1. The van der Waals surface area contributed by atoms with Crippen molar-refractivity contribution < 1.29 is 9.47 Å². The third-order valence-corrected chi connectivity index (χ3v) is 6.18. The second kappa shape index (κ2) is 6.97. The van der Waals surface area contributed by atoms with E-state index in [4.69, 9.17) is 14.6 Å². The lowest BCUT2D eigenvalue weighted by atomic mass is 10.1. The predicted molar refractivity (Wildman–Crippen MR) is 116 cm³/mol. The first-order valence-corrected chi connectivity index (χ1v) is 10.7. The molecule has 1 aromatic carbocycles. The fourth-order valence-corrected chi connectivity index (χ4v) is 4.43. The molecular formula is C24H29N3O2. The van der Waals surface area contributed by atoms with Gasteiger partial charge < -0.3 is 14.4 Å². The molecule has 0 saturated heterocycles. The number of rotatable bonds is 7. The number of aromatic nitrogens is 2. The van der Waals surface area contributed by atoms with Gasteiger partial charge in [-0.2, -0.15) is 5.10 Å². The van der Waals surface area contributed by atoms with Crippen LogP contribution in [-0.4, -0.2) is 35.9 Å². The maximum atomic E-state index is 5.70. The topological polar surface area (TPSA) is 39.0 Å². The minimum Gasteiger partial charge on any atom is -0.497 e. The smallest absolute Gasteiger partial charge is 0.131 e. The molecule has 5 nitrogen and oxygen atoms in total. The lowest BCUT2D eigenvalue weighted by molar-refractivity contribution is 0.395. The van der Waals surface area contributed by atoms with E-state index in [-0.39, 0.29) is 0 Å². The fourth-order valence-electron chi connectivity index (χ4n) is 4.43. The molecule has 2 aromatic heterocycles. The third-order valence-electron chi connectivity index (χ3n) is 6.18. The Morgan fingerprint density at radius 2 is 1.76 bits per heavy atom. The third kappa shape index (κ3) is 3.04. The first kappa shape index (κ1) is 18.3. The average Bonchev–Trinajstić information content (AvgIpc) is 3.67. The Balaban J connectivity index is 1.74. The Labute approximate surface area is 172 Å². The minimum absolute atomic E-state index is 0.694.